The molecule has 0 radical (unpaired) electrons. The van der Waals surface area contributed by atoms with E-state index in [4.69, 9.17) is 11.6 Å². The van der Waals surface area contributed by atoms with Gasteiger partial charge in [-0.2, -0.15) is 4.31 Å². The fraction of sp³-hybridized carbons (Fsp3) is 0.350. The summed E-state index contributed by atoms with van der Waals surface area (Å²) in [5.41, 5.74) is 0.605. The number of hydrogen-bond donors (Lipinski definition) is 1. The van der Waals surface area contributed by atoms with Crippen LogP contribution in [0.4, 0.5) is 11.4 Å². The van der Waals surface area contributed by atoms with Gasteiger partial charge in [0.1, 0.15) is 6.04 Å². The minimum atomic E-state index is -3.78. The third kappa shape index (κ3) is 5.97. The number of anilines is 2. The molecule has 0 aliphatic carbocycles. The number of sulfonamides is 2. The van der Waals surface area contributed by atoms with Crippen LogP contribution >= 0.6 is 11.6 Å². The van der Waals surface area contributed by atoms with E-state index in [0.29, 0.717) is 23.8 Å². The molecule has 0 saturated carbocycles. The van der Waals surface area contributed by atoms with Crippen LogP contribution in [0.3, 0.4) is 0 Å². The first-order chi connectivity index (χ1) is 14.4. The molecule has 0 fully saturated rings. The van der Waals surface area contributed by atoms with Gasteiger partial charge in [0.05, 0.1) is 16.8 Å². The number of halogens is 1. The molecule has 11 heteroatoms. The van der Waals surface area contributed by atoms with Crippen molar-refractivity contribution in [2.24, 2.45) is 0 Å². The minimum Gasteiger partial charge on any atom is -0.324 e. The summed E-state index contributed by atoms with van der Waals surface area (Å²) in [5.74, 6) is -0.579. The molecule has 1 atom stereocenters. The Hall–Kier alpha value is -2.14. The molecule has 0 spiro atoms. The molecule has 0 unspecified atom stereocenters. The second-order valence-electron chi connectivity index (χ2n) is 6.82. The first-order valence-corrected chi connectivity index (χ1v) is 13.2. The van der Waals surface area contributed by atoms with E-state index in [9.17, 15) is 21.6 Å². The molecule has 2 rings (SSSR count). The van der Waals surface area contributed by atoms with Crippen molar-refractivity contribution in [1.29, 1.82) is 0 Å². The summed E-state index contributed by atoms with van der Waals surface area (Å²) in [6, 6.07) is 10.9. The lowest BCUT2D eigenvalue weighted by Gasteiger charge is -2.28. The van der Waals surface area contributed by atoms with Crippen molar-refractivity contribution < 1.29 is 21.6 Å². The van der Waals surface area contributed by atoms with Gasteiger partial charge in [-0.05, 0) is 49.4 Å². The number of amides is 1. The molecule has 1 N–H and O–H groups in total. The third-order valence-corrected chi connectivity index (χ3v) is 8.16. The lowest BCUT2D eigenvalue weighted by molar-refractivity contribution is -0.116. The van der Waals surface area contributed by atoms with Crippen molar-refractivity contribution in [1.82, 2.24) is 4.31 Å². The van der Waals surface area contributed by atoms with E-state index < -0.39 is 32.0 Å². The van der Waals surface area contributed by atoms with E-state index in [0.717, 1.165) is 10.6 Å². The van der Waals surface area contributed by atoms with E-state index in [-0.39, 0.29) is 10.6 Å². The number of carbonyl (C=O) groups excluding carboxylic acids is 1. The maximum atomic E-state index is 12.8. The third-order valence-electron chi connectivity index (χ3n) is 4.62. The van der Waals surface area contributed by atoms with Crippen molar-refractivity contribution in [3.8, 4) is 0 Å². The molecule has 0 saturated heterocycles. The van der Waals surface area contributed by atoms with Crippen molar-refractivity contribution in [2.45, 2.75) is 31.7 Å². The summed E-state index contributed by atoms with van der Waals surface area (Å²) < 4.78 is 52.2. The van der Waals surface area contributed by atoms with Gasteiger partial charge in [0.25, 0.3) is 0 Å². The molecule has 0 bridgehead atoms. The van der Waals surface area contributed by atoms with E-state index in [1.165, 1.54) is 41.6 Å². The maximum Gasteiger partial charge on any atom is 0.247 e. The monoisotopic (exact) mass is 487 g/mol. The first-order valence-electron chi connectivity index (χ1n) is 9.57. The first kappa shape index (κ1) is 25.1. The highest BCUT2D eigenvalue weighted by atomic mass is 35.5. The Bertz CT molecular complexity index is 1130. The van der Waals surface area contributed by atoms with Crippen LogP contribution in [-0.4, -0.2) is 52.4 Å². The van der Waals surface area contributed by atoms with Crippen LogP contribution in [0, 0.1) is 0 Å². The van der Waals surface area contributed by atoms with Gasteiger partial charge >= 0.3 is 0 Å². The standard InChI is InChI=1S/C20H26ClN3O5S2/c1-5-23(6-2)31(28,29)19-12-10-17(11-13-19)22-20(25)15(3)24(30(4,26)27)18-9-7-8-16(21)14-18/h7-15H,5-6H2,1-4H3,(H,22,25)/t15-/m1/s1. The van der Waals surface area contributed by atoms with Crippen LogP contribution in [-0.2, 0) is 24.8 Å². The van der Waals surface area contributed by atoms with Crippen LogP contribution in [0.15, 0.2) is 53.4 Å². The van der Waals surface area contributed by atoms with Gasteiger partial charge in [0.2, 0.25) is 26.0 Å². The van der Waals surface area contributed by atoms with Gasteiger partial charge < -0.3 is 5.32 Å². The van der Waals surface area contributed by atoms with Gasteiger partial charge in [-0.3, -0.25) is 9.10 Å². The Morgan fingerprint density at radius 2 is 1.61 bits per heavy atom. The van der Waals surface area contributed by atoms with Gasteiger partial charge in [-0.25, -0.2) is 16.8 Å². The van der Waals surface area contributed by atoms with E-state index in [2.05, 4.69) is 5.32 Å². The zero-order chi connectivity index (χ0) is 23.4. The van der Waals surface area contributed by atoms with Crippen molar-refractivity contribution >= 4 is 48.9 Å². The summed E-state index contributed by atoms with van der Waals surface area (Å²) in [4.78, 5) is 12.9. The minimum absolute atomic E-state index is 0.110. The Balaban J connectivity index is 2.25. The highest BCUT2D eigenvalue weighted by molar-refractivity contribution is 7.92. The predicted molar refractivity (Wildman–Crippen MR) is 123 cm³/mol. The smallest absolute Gasteiger partial charge is 0.247 e. The molecular weight excluding hydrogens is 462 g/mol. The van der Waals surface area contributed by atoms with Gasteiger partial charge in [-0.1, -0.05) is 31.5 Å². The maximum absolute atomic E-state index is 12.8. The lowest BCUT2D eigenvalue weighted by Crippen LogP contribution is -2.45. The number of nitrogens with one attached hydrogen (secondary N) is 1. The molecule has 2 aromatic carbocycles. The summed E-state index contributed by atoms with van der Waals surface area (Å²) in [7, 11) is -7.40. The molecule has 2 aromatic rings. The second-order valence-corrected chi connectivity index (χ2v) is 11.1. The molecule has 8 nitrogen and oxygen atoms in total. The Morgan fingerprint density at radius 3 is 2.10 bits per heavy atom. The molecule has 0 heterocycles. The average Bonchev–Trinajstić information content (AvgIpc) is 2.68. The lowest BCUT2D eigenvalue weighted by atomic mass is 10.2. The van der Waals surface area contributed by atoms with Crippen LogP contribution in [0.2, 0.25) is 5.02 Å². The SMILES string of the molecule is CCN(CC)S(=O)(=O)c1ccc(NC(=O)[C@@H](C)N(c2cccc(Cl)c2)S(C)(=O)=O)cc1. The van der Waals surface area contributed by atoms with Crippen LogP contribution < -0.4 is 9.62 Å². The van der Waals surface area contributed by atoms with Gasteiger partial charge in [0, 0.05) is 23.8 Å². The summed E-state index contributed by atoms with van der Waals surface area (Å²) in [6.07, 6.45) is 1.00. The van der Waals surface area contributed by atoms with Crippen LogP contribution in [0.1, 0.15) is 20.8 Å². The molecule has 31 heavy (non-hydrogen) atoms. The van der Waals surface area contributed by atoms with Gasteiger partial charge in [-0.15, -0.1) is 0 Å². The van der Waals surface area contributed by atoms with Gasteiger partial charge in [0.15, 0.2) is 0 Å². The number of rotatable bonds is 9. The summed E-state index contributed by atoms with van der Waals surface area (Å²) >= 11 is 5.97. The topological polar surface area (TPSA) is 104 Å². The predicted octanol–water partition coefficient (Wildman–Crippen LogP) is 3.16. The number of nitrogens with zero attached hydrogens (tertiary/aromatic N) is 2. The quantitative estimate of drug-likeness (QED) is 0.585. The van der Waals surface area contributed by atoms with Crippen molar-refractivity contribution in [3.05, 3.63) is 53.6 Å². The molecule has 1 amide bonds. The largest absolute Gasteiger partial charge is 0.324 e. The number of hydrogen-bond acceptors (Lipinski definition) is 5. The van der Waals surface area contributed by atoms with Crippen molar-refractivity contribution in [2.75, 3.05) is 29.0 Å². The van der Waals surface area contributed by atoms with Crippen molar-refractivity contribution in [3.63, 3.8) is 0 Å². The Labute approximate surface area is 188 Å². The van der Waals surface area contributed by atoms with E-state index >= 15 is 0 Å². The van der Waals surface area contributed by atoms with E-state index in [1.54, 1.807) is 32.0 Å². The molecule has 0 aromatic heterocycles. The summed E-state index contributed by atoms with van der Waals surface area (Å²) in [5, 5.41) is 2.96. The highest BCUT2D eigenvalue weighted by Gasteiger charge is 2.29. The van der Waals surface area contributed by atoms with Crippen LogP contribution in [0.5, 0.6) is 0 Å². The molecular formula is C20H26ClN3O5S2. The number of benzene rings is 2. The highest BCUT2D eigenvalue weighted by Crippen LogP contribution is 2.25. The average molecular weight is 488 g/mol. The van der Waals surface area contributed by atoms with Crippen LogP contribution in [0.25, 0.3) is 0 Å². The second kappa shape index (κ2) is 9.99. The Morgan fingerprint density at radius 1 is 1.03 bits per heavy atom. The molecule has 0 aliphatic rings. The molecule has 170 valence electrons. The zero-order valence-electron chi connectivity index (χ0n) is 17.7. The zero-order valence-corrected chi connectivity index (χ0v) is 20.1. The summed E-state index contributed by atoms with van der Waals surface area (Å²) in [6.45, 7) is 5.66. The normalized spacial score (nSPS) is 13.1. The molecule has 0 aliphatic heterocycles. The fourth-order valence-corrected chi connectivity index (χ4v) is 5.90. The van der Waals surface area contributed by atoms with E-state index in [1.807, 2.05) is 0 Å². The Kier molecular flexibility index (Phi) is 8.09. The fourth-order valence-electron chi connectivity index (χ4n) is 3.09. The number of carbonyl (C=O) groups is 1.